The molecule has 25 heavy (non-hydrogen) atoms. The van der Waals surface area contributed by atoms with Gasteiger partial charge >= 0.3 is 0 Å². The van der Waals surface area contributed by atoms with Crippen molar-refractivity contribution in [3.05, 3.63) is 53.8 Å². The van der Waals surface area contributed by atoms with Gasteiger partial charge in [0.1, 0.15) is 23.4 Å². The molecule has 0 heterocycles. The number of methoxy groups -OCH3 is 2. The van der Waals surface area contributed by atoms with Crippen molar-refractivity contribution in [2.45, 2.75) is 19.5 Å². The smallest absolute Gasteiger partial charge is 0.244 e. The summed E-state index contributed by atoms with van der Waals surface area (Å²) in [5.74, 6) is 0.839. The normalized spacial score (nSPS) is 11.6. The Bertz CT molecular complexity index is 736. The van der Waals surface area contributed by atoms with Crippen LogP contribution in [0.4, 0.5) is 10.1 Å². The Hall–Kier alpha value is -2.76. The van der Waals surface area contributed by atoms with E-state index < -0.39 is 6.04 Å². The maximum atomic E-state index is 13.3. The zero-order valence-electron chi connectivity index (χ0n) is 14.9. The molecule has 1 N–H and O–H groups in total. The Morgan fingerprint density at radius 1 is 1.20 bits per heavy atom. The predicted molar refractivity (Wildman–Crippen MR) is 95.5 cm³/mol. The largest absolute Gasteiger partial charge is 0.497 e. The quantitative estimate of drug-likeness (QED) is 0.836. The molecule has 0 spiro atoms. The van der Waals surface area contributed by atoms with Gasteiger partial charge in [-0.3, -0.25) is 4.79 Å². The van der Waals surface area contributed by atoms with Crippen molar-refractivity contribution < 1.29 is 18.7 Å². The number of benzene rings is 2. The van der Waals surface area contributed by atoms with E-state index in [0.717, 1.165) is 5.56 Å². The number of likely N-dealkylation sites (N-methyl/N-ethyl adjacent to an activating group) is 1. The summed E-state index contributed by atoms with van der Waals surface area (Å²) in [4.78, 5) is 14.1. The molecule has 1 atom stereocenters. The van der Waals surface area contributed by atoms with Crippen molar-refractivity contribution >= 4 is 11.6 Å². The van der Waals surface area contributed by atoms with Crippen LogP contribution in [0.1, 0.15) is 12.5 Å². The van der Waals surface area contributed by atoms with Crippen LogP contribution in [0.25, 0.3) is 0 Å². The molecule has 2 aromatic rings. The number of anilines is 1. The summed E-state index contributed by atoms with van der Waals surface area (Å²) < 4.78 is 23.8. The molecule has 1 amide bonds. The molecule has 0 saturated carbocycles. The van der Waals surface area contributed by atoms with Crippen molar-refractivity contribution in [3.8, 4) is 11.5 Å². The Labute approximate surface area is 147 Å². The van der Waals surface area contributed by atoms with Crippen LogP contribution in [0.15, 0.2) is 42.5 Å². The van der Waals surface area contributed by atoms with Crippen molar-refractivity contribution in [3.63, 3.8) is 0 Å². The first-order valence-corrected chi connectivity index (χ1v) is 7.92. The van der Waals surface area contributed by atoms with Gasteiger partial charge in [-0.2, -0.15) is 0 Å². The van der Waals surface area contributed by atoms with E-state index in [2.05, 4.69) is 5.32 Å². The van der Waals surface area contributed by atoms with E-state index in [-0.39, 0.29) is 11.7 Å². The predicted octanol–water partition coefficient (Wildman–Crippen LogP) is 3.30. The third-order valence-corrected chi connectivity index (χ3v) is 3.84. The summed E-state index contributed by atoms with van der Waals surface area (Å²) in [5, 5.41) is 3.14. The van der Waals surface area contributed by atoms with E-state index in [9.17, 15) is 9.18 Å². The monoisotopic (exact) mass is 346 g/mol. The lowest BCUT2D eigenvalue weighted by Gasteiger charge is -2.23. The molecule has 0 radical (unpaired) electrons. The third kappa shape index (κ3) is 4.86. The average molecular weight is 346 g/mol. The maximum absolute atomic E-state index is 13.3. The number of ether oxygens (including phenoxy) is 2. The fraction of sp³-hybridized carbons (Fsp3) is 0.316. The Balaban J connectivity index is 2.04. The van der Waals surface area contributed by atoms with E-state index in [4.69, 9.17) is 9.47 Å². The molecule has 0 saturated heterocycles. The summed E-state index contributed by atoms with van der Waals surface area (Å²) in [6, 6.07) is 11.1. The first kappa shape index (κ1) is 18.6. The van der Waals surface area contributed by atoms with Crippen molar-refractivity contribution in [2.24, 2.45) is 0 Å². The Morgan fingerprint density at radius 3 is 2.60 bits per heavy atom. The molecular weight excluding hydrogens is 323 g/mol. The SMILES string of the molecule is COc1ccc(N[C@@H](C)C(=O)N(C)Cc2cccc(F)c2)c(OC)c1. The first-order valence-electron chi connectivity index (χ1n) is 7.92. The zero-order chi connectivity index (χ0) is 18.4. The van der Waals surface area contributed by atoms with Crippen molar-refractivity contribution in [2.75, 3.05) is 26.6 Å². The second-order valence-corrected chi connectivity index (χ2v) is 5.76. The lowest BCUT2D eigenvalue weighted by Crippen LogP contribution is -2.38. The Kier molecular flexibility index (Phi) is 6.22. The summed E-state index contributed by atoms with van der Waals surface area (Å²) in [6.07, 6.45) is 0. The minimum Gasteiger partial charge on any atom is -0.497 e. The van der Waals surface area contributed by atoms with Crippen molar-refractivity contribution in [1.29, 1.82) is 0 Å². The highest BCUT2D eigenvalue weighted by molar-refractivity contribution is 5.84. The second-order valence-electron chi connectivity index (χ2n) is 5.76. The lowest BCUT2D eigenvalue weighted by atomic mass is 10.2. The molecule has 0 aliphatic heterocycles. The van der Waals surface area contributed by atoms with Crippen LogP contribution in [0.5, 0.6) is 11.5 Å². The highest BCUT2D eigenvalue weighted by Gasteiger charge is 2.19. The topological polar surface area (TPSA) is 50.8 Å². The number of hydrogen-bond acceptors (Lipinski definition) is 4. The van der Waals surface area contributed by atoms with Gasteiger partial charge in [-0.1, -0.05) is 12.1 Å². The summed E-state index contributed by atoms with van der Waals surface area (Å²) >= 11 is 0. The fourth-order valence-electron chi connectivity index (χ4n) is 2.53. The highest BCUT2D eigenvalue weighted by atomic mass is 19.1. The molecule has 2 rings (SSSR count). The standard InChI is InChI=1S/C19H23FN2O3/c1-13(21-17-9-8-16(24-3)11-18(17)25-4)19(23)22(2)12-14-6-5-7-15(20)10-14/h5-11,13,21H,12H2,1-4H3/t13-/m0/s1. The molecule has 6 heteroatoms. The second kappa shape index (κ2) is 8.37. The van der Waals surface area contributed by atoms with Crippen LogP contribution in [-0.4, -0.2) is 38.1 Å². The van der Waals surface area contributed by atoms with Crippen LogP contribution in [0.2, 0.25) is 0 Å². The molecule has 0 fully saturated rings. The molecular formula is C19H23FN2O3. The number of rotatable bonds is 7. The highest BCUT2D eigenvalue weighted by Crippen LogP contribution is 2.29. The number of carbonyl (C=O) groups excluding carboxylic acids is 1. The first-order chi connectivity index (χ1) is 11.9. The van der Waals surface area contributed by atoms with E-state index >= 15 is 0 Å². The summed E-state index contributed by atoms with van der Waals surface area (Å²) in [6.45, 7) is 2.11. The average Bonchev–Trinajstić information content (AvgIpc) is 2.61. The van der Waals surface area contributed by atoms with Crippen LogP contribution >= 0.6 is 0 Å². The number of nitrogens with zero attached hydrogens (tertiary/aromatic N) is 1. The molecule has 0 aliphatic rings. The molecule has 134 valence electrons. The number of carbonyl (C=O) groups is 1. The molecule has 0 aliphatic carbocycles. The number of halogens is 1. The van der Waals surface area contributed by atoms with Gasteiger partial charge in [0.25, 0.3) is 0 Å². The zero-order valence-corrected chi connectivity index (χ0v) is 14.9. The van der Waals surface area contributed by atoms with E-state index in [0.29, 0.717) is 23.7 Å². The number of nitrogens with one attached hydrogen (secondary N) is 1. The van der Waals surface area contributed by atoms with E-state index in [1.807, 2.05) is 0 Å². The summed E-state index contributed by atoms with van der Waals surface area (Å²) in [5.41, 5.74) is 1.44. The van der Waals surface area contributed by atoms with E-state index in [1.165, 1.54) is 12.1 Å². The van der Waals surface area contributed by atoms with Gasteiger partial charge in [-0.05, 0) is 36.8 Å². The molecule has 0 unspecified atom stereocenters. The van der Waals surface area contributed by atoms with E-state index in [1.54, 1.807) is 63.4 Å². The number of hydrogen-bond donors (Lipinski definition) is 1. The summed E-state index contributed by atoms with van der Waals surface area (Å²) in [7, 11) is 4.83. The maximum Gasteiger partial charge on any atom is 0.244 e. The van der Waals surface area contributed by atoms with Crippen molar-refractivity contribution in [1.82, 2.24) is 4.90 Å². The third-order valence-electron chi connectivity index (χ3n) is 3.84. The van der Waals surface area contributed by atoms with Crippen LogP contribution < -0.4 is 14.8 Å². The van der Waals surface area contributed by atoms with Gasteiger partial charge < -0.3 is 19.7 Å². The van der Waals surface area contributed by atoms with Crippen LogP contribution in [-0.2, 0) is 11.3 Å². The van der Waals surface area contributed by atoms with Gasteiger partial charge in [0, 0.05) is 19.7 Å². The van der Waals surface area contributed by atoms with Crippen LogP contribution in [0.3, 0.4) is 0 Å². The number of amides is 1. The minimum atomic E-state index is -0.471. The van der Waals surface area contributed by atoms with Gasteiger partial charge in [0.05, 0.1) is 19.9 Å². The molecule has 2 aromatic carbocycles. The van der Waals surface area contributed by atoms with Gasteiger partial charge in [0.15, 0.2) is 0 Å². The Morgan fingerprint density at radius 2 is 1.96 bits per heavy atom. The molecule has 5 nitrogen and oxygen atoms in total. The fourth-order valence-corrected chi connectivity index (χ4v) is 2.53. The molecule has 0 bridgehead atoms. The van der Waals surface area contributed by atoms with Gasteiger partial charge in [0.2, 0.25) is 5.91 Å². The van der Waals surface area contributed by atoms with Gasteiger partial charge in [-0.25, -0.2) is 4.39 Å². The minimum absolute atomic E-state index is 0.109. The lowest BCUT2D eigenvalue weighted by molar-refractivity contribution is -0.130. The van der Waals surface area contributed by atoms with Gasteiger partial charge in [-0.15, -0.1) is 0 Å². The van der Waals surface area contributed by atoms with Crippen LogP contribution in [0, 0.1) is 5.82 Å². The molecule has 0 aromatic heterocycles.